The highest BCUT2D eigenvalue weighted by Gasteiger charge is 2.38. The molecule has 0 unspecified atom stereocenters. The SMILES string of the molecule is CC(C)C1CCC(CN)(NCC(F)(F)F)CC1. The summed E-state index contributed by atoms with van der Waals surface area (Å²) in [6, 6.07) is 0. The molecule has 2 nitrogen and oxygen atoms in total. The Kier molecular flexibility index (Phi) is 4.84. The molecule has 0 atom stereocenters. The van der Waals surface area contributed by atoms with Crippen molar-refractivity contribution in [2.45, 2.75) is 51.2 Å². The van der Waals surface area contributed by atoms with E-state index in [0.29, 0.717) is 11.8 Å². The van der Waals surface area contributed by atoms with E-state index >= 15 is 0 Å². The Hall–Kier alpha value is -0.290. The largest absolute Gasteiger partial charge is 0.401 e. The molecule has 0 bridgehead atoms. The van der Waals surface area contributed by atoms with E-state index in [0.717, 1.165) is 25.7 Å². The van der Waals surface area contributed by atoms with Crippen LogP contribution in [0.1, 0.15) is 39.5 Å². The van der Waals surface area contributed by atoms with E-state index in [9.17, 15) is 13.2 Å². The summed E-state index contributed by atoms with van der Waals surface area (Å²) in [6.45, 7) is 3.69. The fourth-order valence-electron chi connectivity index (χ4n) is 2.60. The molecule has 17 heavy (non-hydrogen) atoms. The van der Waals surface area contributed by atoms with Crippen LogP contribution < -0.4 is 11.1 Å². The fourth-order valence-corrected chi connectivity index (χ4v) is 2.60. The van der Waals surface area contributed by atoms with Crippen molar-refractivity contribution >= 4 is 0 Å². The second-order valence-electron chi connectivity index (χ2n) is 5.53. The number of hydrogen-bond donors (Lipinski definition) is 2. The third-order valence-electron chi connectivity index (χ3n) is 3.98. The van der Waals surface area contributed by atoms with Crippen LogP contribution in [0.25, 0.3) is 0 Å². The minimum atomic E-state index is -4.16. The lowest BCUT2D eigenvalue weighted by Crippen LogP contribution is -2.55. The van der Waals surface area contributed by atoms with Crippen molar-refractivity contribution in [2.24, 2.45) is 17.6 Å². The molecule has 0 spiro atoms. The summed E-state index contributed by atoms with van der Waals surface area (Å²) in [5.74, 6) is 1.23. The molecule has 1 aliphatic carbocycles. The number of nitrogens with one attached hydrogen (secondary N) is 1. The van der Waals surface area contributed by atoms with Crippen LogP contribution in [-0.4, -0.2) is 24.8 Å². The van der Waals surface area contributed by atoms with Crippen molar-refractivity contribution in [3.05, 3.63) is 0 Å². The third kappa shape index (κ3) is 4.47. The Morgan fingerprint density at radius 3 is 2.18 bits per heavy atom. The lowest BCUT2D eigenvalue weighted by molar-refractivity contribution is -0.129. The standard InChI is InChI=1S/C12H23F3N2/c1-9(2)10-3-5-11(7-16,6-4-10)17-8-12(13,14)15/h9-10,17H,3-8,16H2,1-2H3. The van der Waals surface area contributed by atoms with Crippen LogP contribution in [-0.2, 0) is 0 Å². The first kappa shape index (κ1) is 14.8. The molecule has 1 aliphatic rings. The lowest BCUT2D eigenvalue weighted by Gasteiger charge is -2.41. The monoisotopic (exact) mass is 252 g/mol. The van der Waals surface area contributed by atoms with E-state index < -0.39 is 18.3 Å². The fraction of sp³-hybridized carbons (Fsp3) is 1.00. The molecule has 0 saturated heterocycles. The second kappa shape index (κ2) is 5.57. The summed E-state index contributed by atoms with van der Waals surface area (Å²) in [5, 5.41) is 2.63. The minimum absolute atomic E-state index is 0.286. The van der Waals surface area contributed by atoms with Gasteiger partial charge in [-0.25, -0.2) is 0 Å². The first-order valence-corrected chi connectivity index (χ1v) is 6.30. The number of nitrogens with two attached hydrogens (primary N) is 1. The lowest BCUT2D eigenvalue weighted by atomic mass is 9.73. The molecular formula is C12H23F3N2. The topological polar surface area (TPSA) is 38.0 Å². The van der Waals surface area contributed by atoms with Crippen LogP contribution in [0.2, 0.25) is 0 Å². The molecule has 1 fully saturated rings. The molecule has 1 saturated carbocycles. The van der Waals surface area contributed by atoms with E-state index in [2.05, 4.69) is 19.2 Å². The minimum Gasteiger partial charge on any atom is -0.329 e. The Bertz CT molecular complexity index is 230. The molecule has 0 amide bonds. The van der Waals surface area contributed by atoms with Gasteiger partial charge in [0.1, 0.15) is 0 Å². The zero-order valence-corrected chi connectivity index (χ0v) is 10.6. The quantitative estimate of drug-likeness (QED) is 0.807. The van der Waals surface area contributed by atoms with Gasteiger partial charge >= 0.3 is 6.18 Å². The first-order valence-electron chi connectivity index (χ1n) is 6.30. The molecule has 0 aromatic heterocycles. The highest BCUT2D eigenvalue weighted by atomic mass is 19.4. The summed E-state index contributed by atoms with van der Waals surface area (Å²) in [5.41, 5.74) is 5.16. The maximum absolute atomic E-state index is 12.2. The van der Waals surface area contributed by atoms with Gasteiger partial charge < -0.3 is 11.1 Å². The van der Waals surface area contributed by atoms with Crippen LogP contribution in [0.5, 0.6) is 0 Å². The zero-order chi connectivity index (χ0) is 13.1. The van der Waals surface area contributed by atoms with Gasteiger partial charge in [0, 0.05) is 12.1 Å². The Labute approximate surface area is 101 Å². The van der Waals surface area contributed by atoms with E-state index in [1.807, 2.05) is 0 Å². The number of hydrogen-bond acceptors (Lipinski definition) is 2. The Morgan fingerprint density at radius 2 is 1.82 bits per heavy atom. The van der Waals surface area contributed by atoms with Gasteiger partial charge in [-0.1, -0.05) is 13.8 Å². The smallest absolute Gasteiger partial charge is 0.329 e. The van der Waals surface area contributed by atoms with Gasteiger partial charge in [0.2, 0.25) is 0 Å². The van der Waals surface area contributed by atoms with Gasteiger partial charge in [-0.05, 0) is 37.5 Å². The van der Waals surface area contributed by atoms with Crippen LogP contribution in [0.15, 0.2) is 0 Å². The van der Waals surface area contributed by atoms with Gasteiger partial charge in [-0.2, -0.15) is 13.2 Å². The average molecular weight is 252 g/mol. The molecule has 0 aromatic rings. The Balaban J connectivity index is 2.49. The van der Waals surface area contributed by atoms with Gasteiger partial charge in [0.05, 0.1) is 6.54 Å². The average Bonchev–Trinajstić information content (AvgIpc) is 2.26. The zero-order valence-electron chi connectivity index (χ0n) is 10.6. The number of alkyl halides is 3. The van der Waals surface area contributed by atoms with Crippen molar-refractivity contribution in [2.75, 3.05) is 13.1 Å². The van der Waals surface area contributed by atoms with Crippen LogP contribution in [0.3, 0.4) is 0 Å². The number of rotatable bonds is 4. The highest BCUT2D eigenvalue weighted by Crippen LogP contribution is 2.35. The Morgan fingerprint density at radius 1 is 1.29 bits per heavy atom. The molecule has 1 rings (SSSR count). The van der Waals surface area contributed by atoms with Gasteiger partial charge in [0.15, 0.2) is 0 Å². The summed E-state index contributed by atoms with van der Waals surface area (Å²) in [4.78, 5) is 0. The summed E-state index contributed by atoms with van der Waals surface area (Å²) >= 11 is 0. The number of halogens is 3. The van der Waals surface area contributed by atoms with Crippen molar-refractivity contribution < 1.29 is 13.2 Å². The first-order chi connectivity index (χ1) is 7.78. The van der Waals surface area contributed by atoms with Crippen molar-refractivity contribution in [3.63, 3.8) is 0 Å². The third-order valence-corrected chi connectivity index (χ3v) is 3.98. The van der Waals surface area contributed by atoms with Crippen LogP contribution in [0, 0.1) is 11.8 Å². The summed E-state index contributed by atoms with van der Waals surface area (Å²) in [7, 11) is 0. The molecule has 102 valence electrons. The van der Waals surface area contributed by atoms with E-state index in [-0.39, 0.29) is 6.54 Å². The maximum Gasteiger partial charge on any atom is 0.401 e. The maximum atomic E-state index is 12.2. The molecule has 0 aliphatic heterocycles. The molecule has 0 aromatic carbocycles. The highest BCUT2D eigenvalue weighted by molar-refractivity contribution is 4.94. The van der Waals surface area contributed by atoms with Gasteiger partial charge in [-0.3, -0.25) is 0 Å². The van der Waals surface area contributed by atoms with Crippen LogP contribution in [0.4, 0.5) is 13.2 Å². The molecule has 3 N–H and O–H groups in total. The predicted octanol–water partition coefficient (Wildman–Crippen LogP) is 2.68. The van der Waals surface area contributed by atoms with E-state index in [1.54, 1.807) is 0 Å². The van der Waals surface area contributed by atoms with Crippen molar-refractivity contribution in [1.82, 2.24) is 5.32 Å². The molecule has 0 radical (unpaired) electrons. The van der Waals surface area contributed by atoms with E-state index in [4.69, 9.17) is 5.73 Å². The van der Waals surface area contributed by atoms with Gasteiger partial charge in [-0.15, -0.1) is 0 Å². The van der Waals surface area contributed by atoms with E-state index in [1.165, 1.54) is 0 Å². The van der Waals surface area contributed by atoms with Crippen molar-refractivity contribution in [1.29, 1.82) is 0 Å². The molecule has 5 heteroatoms. The normalized spacial score (nSPS) is 30.9. The van der Waals surface area contributed by atoms with Gasteiger partial charge in [0.25, 0.3) is 0 Å². The van der Waals surface area contributed by atoms with Crippen LogP contribution >= 0.6 is 0 Å². The second-order valence-corrected chi connectivity index (χ2v) is 5.53. The summed E-state index contributed by atoms with van der Waals surface area (Å²) in [6.07, 6.45) is -0.707. The summed E-state index contributed by atoms with van der Waals surface area (Å²) < 4.78 is 36.7. The molecular weight excluding hydrogens is 229 g/mol. The van der Waals surface area contributed by atoms with Crippen molar-refractivity contribution in [3.8, 4) is 0 Å². The predicted molar refractivity (Wildman–Crippen MR) is 62.6 cm³/mol. The molecule has 0 heterocycles.